The average Bonchev–Trinajstić information content (AvgIpc) is 2.55. The minimum absolute atomic E-state index is 0.00491. The van der Waals surface area contributed by atoms with Crippen molar-refractivity contribution in [1.82, 2.24) is 20.5 Å². The molecule has 0 aromatic carbocycles. The van der Waals surface area contributed by atoms with E-state index in [4.69, 9.17) is 0 Å². The third-order valence-corrected chi connectivity index (χ3v) is 4.37. The number of nitrogens with zero attached hydrogens (tertiary/aromatic N) is 3. The van der Waals surface area contributed by atoms with Gasteiger partial charge in [-0.3, -0.25) is 10.1 Å². The van der Waals surface area contributed by atoms with Crippen LogP contribution in [0.2, 0.25) is 0 Å². The monoisotopic (exact) mass is 291 g/mol. The van der Waals surface area contributed by atoms with Crippen LogP contribution in [0.5, 0.6) is 0 Å². The predicted molar refractivity (Wildman–Crippen MR) is 82.0 cm³/mol. The van der Waals surface area contributed by atoms with Crippen LogP contribution in [0.1, 0.15) is 51.4 Å². The maximum atomic E-state index is 12.6. The van der Waals surface area contributed by atoms with Crippen LogP contribution in [0, 0.1) is 5.41 Å². The van der Waals surface area contributed by atoms with Crippen molar-refractivity contribution in [2.45, 2.75) is 52.9 Å². The molecule has 1 atom stereocenters. The van der Waals surface area contributed by atoms with E-state index in [1.807, 2.05) is 13.8 Å². The topological polar surface area (TPSA) is 79.8 Å². The fraction of sp³-hybridized carbons (Fsp3) is 0.733. The van der Waals surface area contributed by atoms with Gasteiger partial charge in [-0.15, -0.1) is 10.2 Å². The first-order valence-corrected chi connectivity index (χ1v) is 7.89. The third-order valence-electron chi connectivity index (χ3n) is 4.37. The van der Waals surface area contributed by atoms with Gasteiger partial charge < -0.3 is 5.32 Å². The lowest BCUT2D eigenvalue weighted by Crippen LogP contribution is -2.47. The molecule has 116 valence electrons. The standard InChI is InChI=1S/C15H25N5O/c1-4-11-12(5-2)19-20-14(17-11)18-13(21)15(6-3)8-7-9-16-10-15/h16H,4-10H2,1-3H3,(H,17,18,20,21). The van der Waals surface area contributed by atoms with Gasteiger partial charge in [0.2, 0.25) is 11.9 Å². The van der Waals surface area contributed by atoms with Crippen molar-refractivity contribution in [3.05, 3.63) is 11.4 Å². The van der Waals surface area contributed by atoms with E-state index in [2.05, 4.69) is 32.7 Å². The van der Waals surface area contributed by atoms with Gasteiger partial charge in [-0.25, -0.2) is 4.98 Å². The number of amides is 1. The SMILES string of the molecule is CCc1nnc(NC(=O)C2(CC)CCCNC2)nc1CC. The third kappa shape index (κ3) is 3.37. The normalized spacial score (nSPS) is 22.0. The van der Waals surface area contributed by atoms with E-state index in [1.165, 1.54) is 0 Å². The molecule has 1 aromatic heterocycles. The lowest BCUT2D eigenvalue weighted by molar-refractivity contribution is -0.126. The van der Waals surface area contributed by atoms with Gasteiger partial charge in [-0.1, -0.05) is 20.8 Å². The first-order chi connectivity index (χ1) is 10.1. The van der Waals surface area contributed by atoms with Crippen molar-refractivity contribution < 1.29 is 4.79 Å². The minimum atomic E-state index is -0.350. The smallest absolute Gasteiger partial charge is 0.249 e. The molecule has 0 aliphatic carbocycles. The summed E-state index contributed by atoms with van der Waals surface area (Å²) in [5.74, 6) is 0.331. The Hall–Kier alpha value is -1.56. The molecule has 0 radical (unpaired) electrons. The van der Waals surface area contributed by atoms with Crippen LogP contribution in [0.4, 0.5) is 5.95 Å². The fourth-order valence-corrected chi connectivity index (χ4v) is 2.85. The quantitative estimate of drug-likeness (QED) is 0.863. The molecule has 1 aliphatic heterocycles. The van der Waals surface area contributed by atoms with Crippen molar-refractivity contribution in [1.29, 1.82) is 0 Å². The summed E-state index contributed by atoms with van der Waals surface area (Å²) in [6.45, 7) is 7.83. The van der Waals surface area contributed by atoms with Crippen molar-refractivity contribution >= 4 is 11.9 Å². The lowest BCUT2D eigenvalue weighted by atomic mass is 9.77. The van der Waals surface area contributed by atoms with Gasteiger partial charge in [-0.05, 0) is 38.6 Å². The molecular weight excluding hydrogens is 266 g/mol. The van der Waals surface area contributed by atoms with Crippen molar-refractivity contribution in [2.24, 2.45) is 5.41 Å². The van der Waals surface area contributed by atoms with Gasteiger partial charge in [0, 0.05) is 6.54 Å². The maximum absolute atomic E-state index is 12.6. The van der Waals surface area contributed by atoms with Gasteiger partial charge in [0.05, 0.1) is 16.8 Å². The summed E-state index contributed by atoms with van der Waals surface area (Å²) < 4.78 is 0. The predicted octanol–water partition coefficient (Wildman–Crippen LogP) is 1.71. The highest BCUT2D eigenvalue weighted by molar-refractivity contribution is 5.94. The number of aromatic nitrogens is 3. The number of rotatable bonds is 5. The van der Waals surface area contributed by atoms with Crippen LogP contribution in [-0.2, 0) is 17.6 Å². The summed E-state index contributed by atoms with van der Waals surface area (Å²) in [4.78, 5) is 17.1. The highest BCUT2D eigenvalue weighted by atomic mass is 16.2. The molecular formula is C15H25N5O. The molecule has 0 spiro atoms. The Kier molecular flexibility index (Phi) is 5.22. The zero-order valence-electron chi connectivity index (χ0n) is 13.2. The van der Waals surface area contributed by atoms with Gasteiger partial charge in [0.1, 0.15) is 0 Å². The van der Waals surface area contributed by atoms with E-state index in [0.29, 0.717) is 5.95 Å². The second kappa shape index (κ2) is 6.93. The lowest BCUT2D eigenvalue weighted by Gasteiger charge is -2.35. The number of carbonyl (C=O) groups is 1. The van der Waals surface area contributed by atoms with E-state index in [1.54, 1.807) is 0 Å². The van der Waals surface area contributed by atoms with Crippen LogP contribution in [0.15, 0.2) is 0 Å². The highest BCUT2D eigenvalue weighted by Gasteiger charge is 2.38. The highest BCUT2D eigenvalue weighted by Crippen LogP contribution is 2.31. The number of nitrogens with one attached hydrogen (secondary N) is 2. The molecule has 1 amide bonds. The molecule has 2 heterocycles. The molecule has 0 bridgehead atoms. The Bertz CT molecular complexity index is 497. The van der Waals surface area contributed by atoms with E-state index in [-0.39, 0.29) is 11.3 Å². The van der Waals surface area contributed by atoms with Gasteiger partial charge in [0.15, 0.2) is 0 Å². The van der Waals surface area contributed by atoms with Crippen LogP contribution in [0.25, 0.3) is 0 Å². The van der Waals surface area contributed by atoms with Gasteiger partial charge in [-0.2, -0.15) is 0 Å². The Morgan fingerprint density at radius 1 is 1.24 bits per heavy atom. The molecule has 1 aliphatic rings. The first-order valence-electron chi connectivity index (χ1n) is 7.89. The summed E-state index contributed by atoms with van der Waals surface area (Å²) in [5.41, 5.74) is 1.47. The number of hydrogen-bond donors (Lipinski definition) is 2. The Balaban J connectivity index is 2.15. The fourth-order valence-electron chi connectivity index (χ4n) is 2.85. The Morgan fingerprint density at radius 2 is 2.00 bits per heavy atom. The molecule has 21 heavy (non-hydrogen) atoms. The number of hydrogen-bond acceptors (Lipinski definition) is 5. The van der Waals surface area contributed by atoms with Crippen molar-refractivity contribution in [3.8, 4) is 0 Å². The van der Waals surface area contributed by atoms with E-state index < -0.39 is 0 Å². The van der Waals surface area contributed by atoms with Crippen LogP contribution < -0.4 is 10.6 Å². The summed E-state index contributed by atoms with van der Waals surface area (Å²) in [6, 6.07) is 0. The molecule has 6 heteroatoms. The molecule has 2 N–H and O–H groups in total. The average molecular weight is 291 g/mol. The number of anilines is 1. The molecule has 1 saturated heterocycles. The zero-order valence-corrected chi connectivity index (χ0v) is 13.2. The van der Waals surface area contributed by atoms with E-state index >= 15 is 0 Å². The molecule has 6 nitrogen and oxygen atoms in total. The van der Waals surface area contributed by atoms with Crippen molar-refractivity contribution in [2.75, 3.05) is 18.4 Å². The van der Waals surface area contributed by atoms with Crippen LogP contribution >= 0.6 is 0 Å². The molecule has 0 saturated carbocycles. The summed E-state index contributed by atoms with van der Waals surface area (Å²) >= 11 is 0. The number of piperidine rings is 1. The molecule has 1 unspecified atom stereocenters. The van der Waals surface area contributed by atoms with Crippen LogP contribution in [0.3, 0.4) is 0 Å². The summed E-state index contributed by atoms with van der Waals surface area (Å²) in [7, 11) is 0. The van der Waals surface area contributed by atoms with Gasteiger partial charge >= 0.3 is 0 Å². The Labute approximate surface area is 126 Å². The Morgan fingerprint density at radius 3 is 2.57 bits per heavy atom. The number of aryl methyl sites for hydroxylation is 2. The van der Waals surface area contributed by atoms with E-state index in [9.17, 15) is 4.79 Å². The van der Waals surface area contributed by atoms with Gasteiger partial charge in [0.25, 0.3) is 0 Å². The minimum Gasteiger partial charge on any atom is -0.316 e. The molecule has 1 fully saturated rings. The number of carbonyl (C=O) groups excluding carboxylic acids is 1. The first kappa shape index (κ1) is 15.8. The largest absolute Gasteiger partial charge is 0.316 e. The van der Waals surface area contributed by atoms with Crippen LogP contribution in [-0.4, -0.2) is 34.2 Å². The zero-order chi connectivity index (χ0) is 15.3. The van der Waals surface area contributed by atoms with Crippen molar-refractivity contribution in [3.63, 3.8) is 0 Å². The summed E-state index contributed by atoms with van der Waals surface area (Å²) in [6.07, 6.45) is 4.34. The summed E-state index contributed by atoms with van der Waals surface area (Å²) in [5, 5.41) is 14.4. The van der Waals surface area contributed by atoms with E-state index in [0.717, 1.165) is 56.6 Å². The molecule has 1 aromatic rings. The second-order valence-electron chi connectivity index (χ2n) is 5.60. The second-order valence-corrected chi connectivity index (χ2v) is 5.60. The maximum Gasteiger partial charge on any atom is 0.249 e. The molecule has 2 rings (SSSR count).